The Hall–Kier alpha value is -3.74. The topological polar surface area (TPSA) is 145 Å². The Morgan fingerprint density at radius 1 is 1.26 bits per heavy atom. The monoisotopic (exact) mass is 422 g/mol. The second kappa shape index (κ2) is 7.83. The fourth-order valence-electron chi connectivity index (χ4n) is 4.68. The molecule has 4 atom stereocenters. The zero-order chi connectivity index (χ0) is 22.3. The van der Waals surface area contributed by atoms with Crippen molar-refractivity contribution in [3.8, 4) is 6.07 Å². The molecule has 1 fully saturated rings. The van der Waals surface area contributed by atoms with Gasteiger partial charge in [0, 0.05) is 31.1 Å². The van der Waals surface area contributed by atoms with Crippen LogP contribution < -0.4 is 15.8 Å². The van der Waals surface area contributed by atoms with Crippen molar-refractivity contribution >= 4 is 23.4 Å². The number of aromatic amines is 1. The number of carbonyl (C=O) groups is 1. The maximum absolute atomic E-state index is 13.1. The van der Waals surface area contributed by atoms with E-state index in [1.54, 1.807) is 6.07 Å². The predicted octanol–water partition coefficient (Wildman–Crippen LogP) is 2.38. The first-order chi connectivity index (χ1) is 14.8. The molecular weight excluding hydrogens is 400 g/mol. The van der Waals surface area contributed by atoms with Gasteiger partial charge in [0.25, 0.3) is 11.2 Å². The van der Waals surface area contributed by atoms with Gasteiger partial charge < -0.3 is 10.2 Å². The van der Waals surface area contributed by atoms with Gasteiger partial charge in [-0.15, -0.1) is 0 Å². The fraction of sp³-hybridized carbons (Fsp3) is 0.429. The van der Waals surface area contributed by atoms with E-state index in [0.717, 1.165) is 19.5 Å². The summed E-state index contributed by atoms with van der Waals surface area (Å²) >= 11 is 0. The molecule has 1 aromatic carbocycles. The standard InChI is InChI=1S/C21H22N6O4/c1-11-6-12(2)10-26(9-11)21-24-18-17(20(29)25-21)16(15(8-22)19(28)23-18)13-4-3-5-14(7-13)27(30)31/h3-5,7,11-12,15-16H,6,9-10H2,1-2H3,(H2,23,24,25,28,29). The van der Waals surface area contributed by atoms with Crippen molar-refractivity contribution in [2.45, 2.75) is 26.2 Å². The zero-order valence-electron chi connectivity index (χ0n) is 17.2. The Balaban J connectivity index is 1.83. The van der Waals surface area contributed by atoms with Crippen LogP contribution in [0, 0.1) is 39.2 Å². The van der Waals surface area contributed by atoms with Crippen molar-refractivity contribution < 1.29 is 9.72 Å². The van der Waals surface area contributed by atoms with E-state index in [-0.39, 0.29) is 17.1 Å². The van der Waals surface area contributed by atoms with Crippen LogP contribution in [0.2, 0.25) is 0 Å². The van der Waals surface area contributed by atoms with Crippen LogP contribution in [0.25, 0.3) is 0 Å². The summed E-state index contributed by atoms with van der Waals surface area (Å²) < 4.78 is 0. The van der Waals surface area contributed by atoms with E-state index in [9.17, 15) is 25.0 Å². The Bertz CT molecular complexity index is 1140. The van der Waals surface area contributed by atoms with E-state index in [1.807, 2.05) is 11.0 Å². The van der Waals surface area contributed by atoms with Crippen molar-refractivity contribution in [3.63, 3.8) is 0 Å². The lowest BCUT2D eigenvalue weighted by Crippen LogP contribution is -2.42. The van der Waals surface area contributed by atoms with Gasteiger partial charge in [-0.05, 0) is 23.8 Å². The van der Waals surface area contributed by atoms with Crippen LogP contribution in [0.15, 0.2) is 29.1 Å². The van der Waals surface area contributed by atoms with E-state index >= 15 is 0 Å². The Morgan fingerprint density at radius 2 is 1.97 bits per heavy atom. The van der Waals surface area contributed by atoms with Gasteiger partial charge in [-0.3, -0.25) is 24.7 Å². The van der Waals surface area contributed by atoms with Gasteiger partial charge in [-0.25, -0.2) is 0 Å². The summed E-state index contributed by atoms with van der Waals surface area (Å²) in [6.45, 7) is 5.73. The van der Waals surface area contributed by atoms with Gasteiger partial charge in [0.2, 0.25) is 11.9 Å². The van der Waals surface area contributed by atoms with Gasteiger partial charge in [-0.1, -0.05) is 26.0 Å². The highest BCUT2D eigenvalue weighted by Crippen LogP contribution is 2.39. The van der Waals surface area contributed by atoms with Crippen LogP contribution >= 0.6 is 0 Å². The van der Waals surface area contributed by atoms with Crippen LogP contribution in [0.3, 0.4) is 0 Å². The molecule has 2 aliphatic heterocycles. The number of aromatic nitrogens is 2. The number of non-ortho nitro benzene ring substituents is 1. The molecule has 4 unspecified atom stereocenters. The minimum atomic E-state index is -1.21. The summed E-state index contributed by atoms with van der Waals surface area (Å²) in [5.74, 6) is -1.43. The first-order valence-electron chi connectivity index (χ1n) is 10.1. The van der Waals surface area contributed by atoms with Crippen LogP contribution in [0.1, 0.15) is 37.3 Å². The molecule has 0 radical (unpaired) electrons. The van der Waals surface area contributed by atoms with Crippen molar-refractivity contribution in [1.82, 2.24) is 9.97 Å². The van der Waals surface area contributed by atoms with Crippen LogP contribution in [-0.4, -0.2) is 33.9 Å². The quantitative estimate of drug-likeness (QED) is 0.570. The molecule has 2 aliphatic rings. The molecule has 10 heteroatoms. The second-order valence-electron chi connectivity index (χ2n) is 8.43. The van der Waals surface area contributed by atoms with Crippen LogP contribution in [0.4, 0.5) is 17.5 Å². The molecule has 1 amide bonds. The number of piperidine rings is 1. The first-order valence-corrected chi connectivity index (χ1v) is 10.1. The third kappa shape index (κ3) is 3.74. The fourth-order valence-corrected chi connectivity index (χ4v) is 4.68. The number of carbonyl (C=O) groups excluding carboxylic acids is 1. The van der Waals surface area contributed by atoms with Gasteiger partial charge in [0.05, 0.1) is 16.6 Å². The van der Waals surface area contributed by atoms with Gasteiger partial charge in [0.1, 0.15) is 11.7 Å². The highest BCUT2D eigenvalue weighted by Gasteiger charge is 2.41. The number of fused-ring (bicyclic) bond motifs is 1. The van der Waals surface area contributed by atoms with Gasteiger partial charge in [-0.2, -0.15) is 10.2 Å². The third-order valence-corrected chi connectivity index (χ3v) is 5.86. The number of anilines is 2. The number of rotatable bonds is 3. The smallest absolute Gasteiger partial charge is 0.269 e. The number of nitriles is 1. The SMILES string of the molecule is CC1CC(C)CN(c2nc3c(c(=O)[nH]2)C(c2cccc([N+](=O)[O-])c2)C(C#N)C(=O)N3)C1. The minimum absolute atomic E-state index is 0.0950. The number of nitrogens with one attached hydrogen (secondary N) is 2. The third-order valence-electron chi connectivity index (χ3n) is 5.86. The average Bonchev–Trinajstić information content (AvgIpc) is 2.72. The van der Waals surface area contributed by atoms with Gasteiger partial charge in [0.15, 0.2) is 0 Å². The van der Waals surface area contributed by atoms with E-state index in [2.05, 4.69) is 29.1 Å². The van der Waals surface area contributed by atoms with E-state index in [1.165, 1.54) is 18.2 Å². The van der Waals surface area contributed by atoms with E-state index < -0.39 is 28.2 Å². The molecule has 3 heterocycles. The van der Waals surface area contributed by atoms with E-state index in [4.69, 9.17) is 0 Å². The number of hydrogen-bond donors (Lipinski definition) is 2. The predicted molar refractivity (Wildman–Crippen MR) is 113 cm³/mol. The summed E-state index contributed by atoms with van der Waals surface area (Å²) in [5, 5.41) is 23.4. The summed E-state index contributed by atoms with van der Waals surface area (Å²) in [5.41, 5.74) is -0.174. The number of benzene rings is 1. The first kappa shape index (κ1) is 20.5. The number of H-pyrrole nitrogens is 1. The lowest BCUT2D eigenvalue weighted by molar-refractivity contribution is -0.384. The molecule has 31 heavy (non-hydrogen) atoms. The zero-order valence-corrected chi connectivity index (χ0v) is 17.2. The summed E-state index contributed by atoms with van der Waals surface area (Å²) in [4.78, 5) is 45.8. The number of nitrogens with zero attached hydrogens (tertiary/aromatic N) is 4. The molecule has 0 saturated carbocycles. The molecule has 160 valence electrons. The van der Waals surface area contributed by atoms with Crippen molar-refractivity contribution in [2.75, 3.05) is 23.3 Å². The minimum Gasteiger partial charge on any atom is -0.342 e. The highest BCUT2D eigenvalue weighted by atomic mass is 16.6. The molecule has 0 bridgehead atoms. The van der Waals surface area contributed by atoms with Gasteiger partial charge >= 0.3 is 0 Å². The second-order valence-corrected chi connectivity index (χ2v) is 8.43. The molecule has 2 N–H and O–H groups in total. The molecule has 2 aromatic rings. The summed E-state index contributed by atoms with van der Waals surface area (Å²) in [6, 6.07) is 7.59. The van der Waals surface area contributed by atoms with Crippen LogP contribution in [0.5, 0.6) is 0 Å². The lowest BCUT2D eigenvalue weighted by Gasteiger charge is -2.36. The van der Waals surface area contributed by atoms with E-state index in [0.29, 0.717) is 23.3 Å². The summed E-state index contributed by atoms with van der Waals surface area (Å²) in [6.07, 6.45) is 1.08. The Labute approximate surface area is 178 Å². The molecule has 1 aromatic heterocycles. The van der Waals surface area contributed by atoms with Crippen molar-refractivity contribution in [2.24, 2.45) is 17.8 Å². The lowest BCUT2D eigenvalue weighted by atomic mass is 9.79. The highest BCUT2D eigenvalue weighted by molar-refractivity contribution is 5.98. The van der Waals surface area contributed by atoms with Crippen LogP contribution in [-0.2, 0) is 4.79 Å². The molecule has 4 rings (SSSR count). The number of hydrogen-bond acceptors (Lipinski definition) is 7. The number of amides is 1. The number of nitro benzene ring substituents is 1. The maximum atomic E-state index is 13.1. The Morgan fingerprint density at radius 3 is 2.61 bits per heavy atom. The van der Waals surface area contributed by atoms with Crippen molar-refractivity contribution in [3.05, 3.63) is 55.9 Å². The maximum Gasteiger partial charge on any atom is 0.269 e. The Kier molecular flexibility index (Phi) is 5.19. The summed E-state index contributed by atoms with van der Waals surface area (Å²) in [7, 11) is 0. The number of nitro groups is 1. The largest absolute Gasteiger partial charge is 0.342 e. The normalized spacial score (nSPS) is 25.3. The molecule has 0 aliphatic carbocycles. The molecular formula is C21H22N6O4. The average molecular weight is 422 g/mol. The molecule has 10 nitrogen and oxygen atoms in total. The van der Waals surface area contributed by atoms with Crippen molar-refractivity contribution in [1.29, 1.82) is 5.26 Å². The molecule has 0 spiro atoms. The molecule has 1 saturated heterocycles.